The van der Waals surface area contributed by atoms with E-state index in [4.69, 9.17) is 5.73 Å². The van der Waals surface area contributed by atoms with Gasteiger partial charge in [0.25, 0.3) is 0 Å². The Morgan fingerprint density at radius 2 is 2.11 bits per heavy atom. The van der Waals surface area contributed by atoms with Gasteiger partial charge in [-0.25, -0.2) is 9.18 Å². The van der Waals surface area contributed by atoms with Crippen LogP contribution in [-0.2, 0) is 9.53 Å². The Morgan fingerprint density at radius 3 is 2.58 bits per heavy atom. The number of nitrogens with two attached hydrogens (primary N) is 1. The number of carbonyl (C=O) groups is 1. The maximum atomic E-state index is 13.6. The molecule has 8 heteroatoms. The van der Waals surface area contributed by atoms with Crippen LogP contribution in [0.2, 0.25) is 0 Å². The lowest BCUT2D eigenvalue weighted by molar-refractivity contribution is -0.174. The topological polar surface area (TPSA) is 52.3 Å². The minimum Gasteiger partial charge on any atom is -0.462 e. The van der Waals surface area contributed by atoms with Crippen molar-refractivity contribution >= 4 is 34.3 Å². The number of hydrogen-bond donors (Lipinski definition) is 1. The van der Waals surface area contributed by atoms with Crippen LogP contribution in [0.15, 0.2) is 22.7 Å². The fourth-order valence-corrected chi connectivity index (χ4v) is 1.64. The highest BCUT2D eigenvalue weighted by atomic mass is 79.9. The summed E-state index contributed by atoms with van der Waals surface area (Å²) < 4.78 is 45.3. The first-order valence-electron chi connectivity index (χ1n) is 5.06. The Bertz CT molecular complexity index is 460. The number of halogens is 5. The highest BCUT2D eigenvalue weighted by Gasteiger charge is 2.48. The van der Waals surface area contributed by atoms with Gasteiger partial charge in [0.1, 0.15) is 11.9 Å². The van der Waals surface area contributed by atoms with Gasteiger partial charge in [0.2, 0.25) is 0 Å². The first-order valence-corrected chi connectivity index (χ1v) is 5.85. The van der Waals surface area contributed by atoms with Crippen LogP contribution in [0.3, 0.4) is 0 Å². The third kappa shape index (κ3) is 4.09. The summed E-state index contributed by atoms with van der Waals surface area (Å²) in [7, 11) is 0. The van der Waals surface area contributed by atoms with Gasteiger partial charge in [-0.15, -0.1) is 12.4 Å². The van der Waals surface area contributed by atoms with Gasteiger partial charge in [-0.2, -0.15) is 8.78 Å². The quantitative estimate of drug-likeness (QED) is 0.837. The minimum absolute atomic E-state index is 0. The summed E-state index contributed by atoms with van der Waals surface area (Å²) in [5.74, 6) is -6.66. The molecule has 1 aromatic carbocycles. The number of ether oxygens (including phenoxy) is 1. The van der Waals surface area contributed by atoms with Crippen LogP contribution >= 0.6 is 28.3 Å². The molecule has 0 aliphatic rings. The molecule has 0 bridgehead atoms. The standard InChI is InChI=1S/C11H11BrF3NO2.ClH/c1-2-18-10(17)11(14,15)9(16)7-4-3-6(12)5-8(7)13;/h3-5,9H,2,16H2,1H3;1H/t9-;/m0./s1. The zero-order valence-corrected chi connectivity index (χ0v) is 12.2. The molecule has 2 N–H and O–H groups in total. The molecule has 1 aromatic rings. The molecule has 19 heavy (non-hydrogen) atoms. The Balaban J connectivity index is 0.00000324. The van der Waals surface area contributed by atoms with Crippen LogP contribution in [0.5, 0.6) is 0 Å². The predicted octanol–water partition coefficient (Wildman–Crippen LogP) is 3.21. The van der Waals surface area contributed by atoms with Gasteiger partial charge < -0.3 is 10.5 Å². The maximum absolute atomic E-state index is 13.6. The summed E-state index contributed by atoms with van der Waals surface area (Å²) in [5.41, 5.74) is 4.80. The molecule has 1 atom stereocenters. The fraction of sp³-hybridized carbons (Fsp3) is 0.364. The van der Waals surface area contributed by atoms with E-state index in [2.05, 4.69) is 20.7 Å². The van der Waals surface area contributed by atoms with Crippen molar-refractivity contribution in [3.63, 3.8) is 0 Å². The van der Waals surface area contributed by atoms with E-state index in [9.17, 15) is 18.0 Å². The smallest absolute Gasteiger partial charge is 0.379 e. The highest BCUT2D eigenvalue weighted by molar-refractivity contribution is 9.10. The van der Waals surface area contributed by atoms with Crippen LogP contribution in [-0.4, -0.2) is 18.5 Å². The Hall–Kier alpha value is -0.790. The van der Waals surface area contributed by atoms with Crippen molar-refractivity contribution in [3.8, 4) is 0 Å². The van der Waals surface area contributed by atoms with Crippen molar-refractivity contribution < 1.29 is 22.7 Å². The predicted molar refractivity (Wildman–Crippen MR) is 69.9 cm³/mol. The summed E-state index contributed by atoms with van der Waals surface area (Å²) in [6.07, 6.45) is 0. The number of alkyl halides is 2. The molecule has 0 radical (unpaired) electrons. The van der Waals surface area contributed by atoms with Crippen molar-refractivity contribution in [1.82, 2.24) is 0 Å². The van der Waals surface area contributed by atoms with Crippen molar-refractivity contribution in [2.75, 3.05) is 6.61 Å². The number of hydrogen-bond acceptors (Lipinski definition) is 3. The molecule has 0 spiro atoms. The third-order valence-electron chi connectivity index (χ3n) is 2.24. The molecule has 0 saturated heterocycles. The zero-order valence-electron chi connectivity index (χ0n) is 9.83. The van der Waals surface area contributed by atoms with E-state index >= 15 is 0 Å². The van der Waals surface area contributed by atoms with Crippen LogP contribution in [0.1, 0.15) is 18.5 Å². The first-order chi connectivity index (χ1) is 8.30. The van der Waals surface area contributed by atoms with Gasteiger partial charge in [-0.1, -0.05) is 22.0 Å². The molecule has 0 fully saturated rings. The minimum atomic E-state index is -3.98. The van der Waals surface area contributed by atoms with Gasteiger partial charge >= 0.3 is 11.9 Å². The van der Waals surface area contributed by atoms with Crippen LogP contribution in [0.4, 0.5) is 13.2 Å². The molecule has 0 unspecified atom stereocenters. The summed E-state index contributed by atoms with van der Waals surface area (Å²) in [4.78, 5) is 11.1. The van der Waals surface area contributed by atoms with E-state index in [0.29, 0.717) is 4.47 Å². The monoisotopic (exact) mass is 361 g/mol. The van der Waals surface area contributed by atoms with Crippen LogP contribution in [0.25, 0.3) is 0 Å². The van der Waals surface area contributed by atoms with E-state index in [1.54, 1.807) is 0 Å². The number of esters is 1. The van der Waals surface area contributed by atoms with Gasteiger partial charge in [0, 0.05) is 10.0 Å². The summed E-state index contributed by atoms with van der Waals surface area (Å²) in [6.45, 7) is 1.18. The van der Waals surface area contributed by atoms with E-state index < -0.39 is 29.3 Å². The van der Waals surface area contributed by atoms with Gasteiger partial charge in [0.05, 0.1) is 6.61 Å². The van der Waals surface area contributed by atoms with E-state index in [1.807, 2.05) is 0 Å². The second-order valence-electron chi connectivity index (χ2n) is 3.49. The Morgan fingerprint density at radius 1 is 1.53 bits per heavy atom. The molecule has 0 aromatic heterocycles. The summed E-state index contributed by atoms with van der Waals surface area (Å²) in [5, 5.41) is 0. The molecule has 1 rings (SSSR count). The third-order valence-corrected chi connectivity index (χ3v) is 2.73. The lowest BCUT2D eigenvalue weighted by atomic mass is 10.0. The zero-order chi connectivity index (χ0) is 13.9. The number of rotatable bonds is 4. The number of carbonyl (C=O) groups excluding carboxylic acids is 1. The molecular formula is C11H12BrClF3NO2. The van der Waals surface area contributed by atoms with Crippen LogP contribution in [0, 0.1) is 5.82 Å². The van der Waals surface area contributed by atoms with E-state index in [0.717, 1.165) is 12.1 Å². The molecule has 0 aliphatic carbocycles. The first kappa shape index (κ1) is 18.2. The highest BCUT2D eigenvalue weighted by Crippen LogP contribution is 2.32. The second kappa shape index (κ2) is 7.12. The van der Waals surface area contributed by atoms with Gasteiger partial charge in [-0.05, 0) is 19.1 Å². The molecule has 0 amide bonds. The van der Waals surface area contributed by atoms with Gasteiger partial charge in [0.15, 0.2) is 0 Å². The van der Waals surface area contributed by atoms with E-state index in [1.165, 1.54) is 13.0 Å². The molecule has 0 heterocycles. The molecule has 108 valence electrons. The average Bonchev–Trinajstić information content (AvgIpc) is 2.28. The van der Waals surface area contributed by atoms with Gasteiger partial charge in [-0.3, -0.25) is 0 Å². The van der Waals surface area contributed by atoms with Crippen molar-refractivity contribution in [3.05, 3.63) is 34.1 Å². The fourth-order valence-electron chi connectivity index (χ4n) is 1.30. The maximum Gasteiger partial charge on any atom is 0.379 e. The van der Waals surface area contributed by atoms with Crippen molar-refractivity contribution in [2.45, 2.75) is 18.9 Å². The molecule has 0 saturated carbocycles. The van der Waals surface area contributed by atoms with Crippen molar-refractivity contribution in [1.29, 1.82) is 0 Å². The number of benzene rings is 1. The summed E-state index contributed by atoms with van der Waals surface area (Å²) >= 11 is 2.99. The lowest BCUT2D eigenvalue weighted by Gasteiger charge is -2.22. The lowest BCUT2D eigenvalue weighted by Crippen LogP contribution is -2.42. The summed E-state index contributed by atoms with van der Waals surface area (Å²) in [6, 6.07) is 1.36. The largest absolute Gasteiger partial charge is 0.462 e. The SMILES string of the molecule is CCOC(=O)C(F)(F)[C@@H](N)c1ccc(Br)cc1F.Cl. The Labute approximate surface area is 122 Å². The second-order valence-corrected chi connectivity index (χ2v) is 4.40. The van der Waals surface area contributed by atoms with Crippen molar-refractivity contribution in [2.24, 2.45) is 5.73 Å². The molecular weight excluding hydrogens is 350 g/mol. The molecule has 0 aliphatic heterocycles. The average molecular weight is 363 g/mol. The molecule has 3 nitrogen and oxygen atoms in total. The van der Waals surface area contributed by atoms with E-state index in [-0.39, 0.29) is 19.0 Å². The Kier molecular flexibility index (Phi) is 6.82. The normalized spacial score (nSPS) is 12.5. The van der Waals surface area contributed by atoms with Crippen LogP contribution < -0.4 is 5.73 Å².